The maximum atomic E-state index is 12.4. The summed E-state index contributed by atoms with van der Waals surface area (Å²) in [6.07, 6.45) is -0.435. The fourth-order valence-electron chi connectivity index (χ4n) is 2.31. The minimum Gasteiger partial charge on any atom is -0.497 e. The normalized spacial score (nSPS) is 10.0. The molecule has 0 amide bonds. The first-order chi connectivity index (χ1) is 12.5. The molecular weight excluding hydrogens is 340 g/mol. The maximum Gasteiger partial charge on any atom is 0.319 e. The molecule has 0 saturated carbocycles. The van der Waals surface area contributed by atoms with Crippen molar-refractivity contribution in [2.75, 3.05) is 28.4 Å². The van der Waals surface area contributed by atoms with Gasteiger partial charge in [-0.05, 0) is 24.3 Å². The summed E-state index contributed by atoms with van der Waals surface area (Å²) >= 11 is 0. The minimum absolute atomic E-state index is 0.252. The lowest BCUT2D eigenvalue weighted by molar-refractivity contribution is -0.133. The molecule has 0 saturated heterocycles. The predicted octanol–water partition coefficient (Wildman–Crippen LogP) is 2.90. The fourth-order valence-corrected chi connectivity index (χ4v) is 2.31. The van der Waals surface area contributed by atoms with E-state index in [9.17, 15) is 9.59 Å². The SMILES string of the molecule is COc1cccc(OC(=O)CC(=O)c2cc(OC)c(OC)c(OC)c2)c1. The van der Waals surface area contributed by atoms with Crippen molar-refractivity contribution in [1.82, 2.24) is 0 Å². The van der Waals surface area contributed by atoms with Gasteiger partial charge in [0.15, 0.2) is 17.3 Å². The number of hydrogen-bond acceptors (Lipinski definition) is 7. The fraction of sp³-hybridized carbons (Fsp3) is 0.263. The number of carbonyl (C=O) groups is 2. The molecule has 2 aromatic rings. The largest absolute Gasteiger partial charge is 0.497 e. The van der Waals surface area contributed by atoms with E-state index in [-0.39, 0.29) is 5.56 Å². The third-order valence-corrected chi connectivity index (χ3v) is 3.56. The summed E-state index contributed by atoms with van der Waals surface area (Å²) in [7, 11) is 5.87. The van der Waals surface area contributed by atoms with Crippen molar-refractivity contribution in [1.29, 1.82) is 0 Å². The summed E-state index contributed by atoms with van der Waals surface area (Å²) in [5.41, 5.74) is 0.252. The van der Waals surface area contributed by atoms with E-state index in [1.807, 2.05) is 0 Å². The van der Waals surface area contributed by atoms with Gasteiger partial charge in [0.2, 0.25) is 5.75 Å². The van der Waals surface area contributed by atoms with Crippen molar-refractivity contribution in [3.05, 3.63) is 42.0 Å². The van der Waals surface area contributed by atoms with Gasteiger partial charge in [-0.15, -0.1) is 0 Å². The second-order valence-electron chi connectivity index (χ2n) is 5.17. The molecule has 0 fully saturated rings. The molecule has 7 nitrogen and oxygen atoms in total. The van der Waals surface area contributed by atoms with E-state index in [0.717, 1.165) is 0 Å². The van der Waals surface area contributed by atoms with Crippen LogP contribution >= 0.6 is 0 Å². The summed E-state index contributed by atoms with van der Waals surface area (Å²) in [6, 6.07) is 9.54. The molecule has 0 aliphatic rings. The molecule has 0 atom stereocenters. The van der Waals surface area contributed by atoms with Crippen LogP contribution in [0.15, 0.2) is 36.4 Å². The number of rotatable bonds is 8. The van der Waals surface area contributed by atoms with Crippen molar-refractivity contribution in [2.24, 2.45) is 0 Å². The zero-order valence-corrected chi connectivity index (χ0v) is 15.0. The first-order valence-corrected chi connectivity index (χ1v) is 7.70. The first kappa shape index (κ1) is 19.1. The highest BCUT2D eigenvalue weighted by molar-refractivity contribution is 6.07. The number of ether oxygens (including phenoxy) is 5. The number of benzene rings is 2. The van der Waals surface area contributed by atoms with Crippen LogP contribution in [0.4, 0.5) is 0 Å². The van der Waals surface area contributed by atoms with Crippen LogP contribution in [0.5, 0.6) is 28.7 Å². The van der Waals surface area contributed by atoms with Gasteiger partial charge in [0, 0.05) is 11.6 Å². The van der Waals surface area contributed by atoms with Gasteiger partial charge in [0.1, 0.15) is 17.9 Å². The summed E-state index contributed by atoms with van der Waals surface area (Å²) in [4.78, 5) is 24.5. The van der Waals surface area contributed by atoms with E-state index in [0.29, 0.717) is 28.7 Å². The van der Waals surface area contributed by atoms with Crippen LogP contribution in [-0.2, 0) is 4.79 Å². The third-order valence-electron chi connectivity index (χ3n) is 3.56. The minimum atomic E-state index is -0.683. The number of carbonyl (C=O) groups excluding carboxylic acids is 2. The number of methoxy groups -OCH3 is 4. The van der Waals surface area contributed by atoms with Gasteiger partial charge in [0.25, 0.3) is 0 Å². The number of esters is 1. The van der Waals surface area contributed by atoms with Crippen LogP contribution in [-0.4, -0.2) is 40.2 Å². The van der Waals surface area contributed by atoms with Gasteiger partial charge >= 0.3 is 5.97 Å². The zero-order chi connectivity index (χ0) is 19.1. The molecule has 0 heterocycles. The van der Waals surface area contributed by atoms with Crippen LogP contribution in [0, 0.1) is 0 Å². The molecule has 138 valence electrons. The smallest absolute Gasteiger partial charge is 0.319 e. The van der Waals surface area contributed by atoms with Crippen molar-refractivity contribution in [3.63, 3.8) is 0 Å². The topological polar surface area (TPSA) is 80.3 Å². The second kappa shape index (κ2) is 8.75. The Morgan fingerprint density at radius 3 is 1.96 bits per heavy atom. The Kier molecular flexibility index (Phi) is 6.43. The summed E-state index contributed by atoms with van der Waals surface area (Å²) in [5.74, 6) is 0.755. The van der Waals surface area contributed by atoms with E-state index >= 15 is 0 Å². The average Bonchev–Trinajstić information content (AvgIpc) is 2.66. The van der Waals surface area contributed by atoms with E-state index in [1.165, 1.54) is 40.6 Å². The quantitative estimate of drug-likeness (QED) is 0.310. The van der Waals surface area contributed by atoms with Gasteiger partial charge in [-0.3, -0.25) is 9.59 Å². The molecule has 0 aliphatic carbocycles. The highest BCUT2D eigenvalue weighted by Crippen LogP contribution is 2.38. The molecule has 2 aromatic carbocycles. The highest BCUT2D eigenvalue weighted by atomic mass is 16.5. The predicted molar refractivity (Wildman–Crippen MR) is 93.7 cm³/mol. The van der Waals surface area contributed by atoms with Crippen molar-refractivity contribution >= 4 is 11.8 Å². The zero-order valence-electron chi connectivity index (χ0n) is 15.0. The van der Waals surface area contributed by atoms with Crippen molar-refractivity contribution in [3.8, 4) is 28.7 Å². The molecular formula is C19H20O7. The Balaban J connectivity index is 2.14. The van der Waals surface area contributed by atoms with Crippen molar-refractivity contribution in [2.45, 2.75) is 6.42 Å². The summed E-state index contributed by atoms with van der Waals surface area (Å²) < 4.78 is 25.9. The number of ketones is 1. The Bertz CT molecular complexity index is 773. The molecule has 0 bridgehead atoms. The van der Waals surface area contributed by atoms with Gasteiger partial charge in [-0.1, -0.05) is 6.07 Å². The van der Waals surface area contributed by atoms with E-state index < -0.39 is 18.2 Å². The van der Waals surface area contributed by atoms with E-state index in [4.69, 9.17) is 23.7 Å². The molecule has 0 aliphatic heterocycles. The van der Waals surface area contributed by atoms with Gasteiger partial charge in [-0.25, -0.2) is 0 Å². The lowest BCUT2D eigenvalue weighted by atomic mass is 10.1. The highest BCUT2D eigenvalue weighted by Gasteiger charge is 2.20. The Labute approximate surface area is 151 Å². The van der Waals surface area contributed by atoms with E-state index in [2.05, 4.69) is 0 Å². The first-order valence-electron chi connectivity index (χ1n) is 7.70. The molecule has 26 heavy (non-hydrogen) atoms. The molecule has 0 unspecified atom stereocenters. The summed E-state index contributed by atoms with van der Waals surface area (Å²) in [5, 5.41) is 0. The van der Waals surface area contributed by atoms with Crippen LogP contribution in [0.1, 0.15) is 16.8 Å². The molecule has 0 radical (unpaired) electrons. The monoisotopic (exact) mass is 360 g/mol. The van der Waals surface area contributed by atoms with Gasteiger partial charge < -0.3 is 23.7 Å². The summed E-state index contributed by atoms with van der Waals surface area (Å²) in [6.45, 7) is 0. The third kappa shape index (κ3) is 4.44. The van der Waals surface area contributed by atoms with Crippen LogP contribution in [0.2, 0.25) is 0 Å². The van der Waals surface area contributed by atoms with Crippen LogP contribution in [0.3, 0.4) is 0 Å². The molecule has 2 rings (SSSR count). The van der Waals surface area contributed by atoms with Gasteiger partial charge in [0.05, 0.1) is 28.4 Å². The molecule has 0 N–H and O–H groups in total. The Hall–Kier alpha value is -3.22. The van der Waals surface area contributed by atoms with Crippen LogP contribution in [0.25, 0.3) is 0 Å². The maximum absolute atomic E-state index is 12.4. The van der Waals surface area contributed by atoms with Crippen molar-refractivity contribution < 1.29 is 33.3 Å². The molecule has 0 spiro atoms. The lowest BCUT2D eigenvalue weighted by Gasteiger charge is -2.13. The Morgan fingerprint density at radius 2 is 1.42 bits per heavy atom. The second-order valence-corrected chi connectivity index (χ2v) is 5.17. The number of Topliss-reactive ketones (excluding diaryl/α,β-unsaturated/α-hetero) is 1. The number of hydrogen-bond donors (Lipinski definition) is 0. The molecule has 7 heteroatoms. The molecule has 0 aromatic heterocycles. The lowest BCUT2D eigenvalue weighted by Crippen LogP contribution is -2.14. The standard InChI is InChI=1S/C19H20O7/c1-22-13-6-5-7-14(10-13)26-18(21)11-15(20)12-8-16(23-2)19(25-4)17(9-12)24-3/h5-10H,11H2,1-4H3. The Morgan fingerprint density at radius 1 is 0.808 bits per heavy atom. The van der Waals surface area contributed by atoms with Crippen LogP contribution < -0.4 is 23.7 Å². The van der Waals surface area contributed by atoms with E-state index in [1.54, 1.807) is 24.3 Å². The van der Waals surface area contributed by atoms with Gasteiger partial charge in [-0.2, -0.15) is 0 Å². The average molecular weight is 360 g/mol.